The molecule has 2 aromatic rings. The molecule has 0 N–H and O–H groups in total. The highest BCUT2D eigenvalue weighted by atomic mass is 16.5. The Hall–Kier alpha value is -2.40. The quantitative estimate of drug-likeness (QED) is 0.785. The topological polar surface area (TPSA) is 51.7 Å². The van der Waals surface area contributed by atoms with E-state index in [-0.39, 0.29) is 23.7 Å². The predicted molar refractivity (Wildman–Crippen MR) is 110 cm³/mol. The molecule has 1 aliphatic rings. The van der Waals surface area contributed by atoms with E-state index in [2.05, 4.69) is 37.0 Å². The Morgan fingerprint density at radius 1 is 1.21 bits per heavy atom. The third-order valence-corrected chi connectivity index (χ3v) is 4.86. The number of nitrogens with zero attached hydrogens (tertiary/aromatic N) is 2. The van der Waals surface area contributed by atoms with Crippen LogP contribution in [0.3, 0.4) is 0 Å². The summed E-state index contributed by atoms with van der Waals surface area (Å²) in [6.45, 7) is 13.1. The molecule has 0 unspecified atom stereocenters. The van der Waals surface area contributed by atoms with Gasteiger partial charge in [-0.1, -0.05) is 23.8 Å². The number of hydrogen-bond donors (Lipinski definition) is 0. The van der Waals surface area contributed by atoms with Crippen LogP contribution in [0.4, 0.5) is 0 Å². The lowest BCUT2D eigenvalue weighted by Gasteiger charge is -2.38. The van der Waals surface area contributed by atoms with Gasteiger partial charge in [0.25, 0.3) is 5.91 Å². The van der Waals surface area contributed by atoms with Crippen LogP contribution in [-0.4, -0.2) is 40.6 Å². The number of aromatic nitrogens is 1. The van der Waals surface area contributed by atoms with Crippen molar-refractivity contribution in [2.75, 3.05) is 13.2 Å². The van der Waals surface area contributed by atoms with Crippen molar-refractivity contribution in [3.05, 3.63) is 58.9 Å². The van der Waals surface area contributed by atoms with E-state index in [1.807, 2.05) is 32.6 Å². The second-order valence-electron chi connectivity index (χ2n) is 8.58. The number of amides is 1. The van der Waals surface area contributed by atoms with Gasteiger partial charge in [-0.2, -0.15) is 0 Å². The first-order valence-electron chi connectivity index (χ1n) is 9.79. The lowest BCUT2D eigenvalue weighted by molar-refractivity contribution is -0.0491. The molecule has 2 heterocycles. The fourth-order valence-corrected chi connectivity index (χ4v) is 3.40. The maximum absolute atomic E-state index is 13.1. The molecule has 1 aliphatic heterocycles. The van der Waals surface area contributed by atoms with Gasteiger partial charge in [-0.15, -0.1) is 0 Å². The van der Waals surface area contributed by atoms with Crippen molar-refractivity contribution in [2.24, 2.45) is 0 Å². The van der Waals surface area contributed by atoms with Gasteiger partial charge in [-0.05, 0) is 64.8 Å². The monoisotopic (exact) mass is 382 g/mol. The summed E-state index contributed by atoms with van der Waals surface area (Å²) in [4.78, 5) is 19.3. The van der Waals surface area contributed by atoms with Gasteiger partial charge >= 0.3 is 0 Å². The maximum atomic E-state index is 13.1. The van der Waals surface area contributed by atoms with Crippen LogP contribution in [0.5, 0.6) is 5.75 Å². The van der Waals surface area contributed by atoms with E-state index in [0.29, 0.717) is 24.6 Å². The van der Waals surface area contributed by atoms with Crippen molar-refractivity contribution in [2.45, 2.75) is 59.3 Å². The Kier molecular flexibility index (Phi) is 5.75. The van der Waals surface area contributed by atoms with E-state index in [1.165, 1.54) is 11.1 Å². The summed E-state index contributed by atoms with van der Waals surface area (Å²) >= 11 is 0. The van der Waals surface area contributed by atoms with Crippen molar-refractivity contribution < 1.29 is 14.3 Å². The van der Waals surface area contributed by atoms with E-state index >= 15 is 0 Å². The molecule has 0 saturated carbocycles. The number of ether oxygens (including phenoxy) is 2. The lowest BCUT2D eigenvalue weighted by Crippen LogP contribution is -2.48. The highest BCUT2D eigenvalue weighted by Gasteiger charge is 2.32. The molecule has 0 aliphatic carbocycles. The van der Waals surface area contributed by atoms with Crippen LogP contribution in [0.2, 0.25) is 0 Å². The first kappa shape index (κ1) is 20.3. The van der Waals surface area contributed by atoms with E-state index in [1.54, 1.807) is 18.3 Å². The van der Waals surface area contributed by atoms with E-state index < -0.39 is 0 Å². The summed E-state index contributed by atoms with van der Waals surface area (Å²) in [7, 11) is 0. The van der Waals surface area contributed by atoms with Gasteiger partial charge in [0.05, 0.1) is 25.4 Å². The second-order valence-corrected chi connectivity index (χ2v) is 8.58. The molecule has 0 bridgehead atoms. The first-order valence-corrected chi connectivity index (χ1v) is 9.79. The third kappa shape index (κ3) is 4.71. The molecule has 1 fully saturated rings. The van der Waals surface area contributed by atoms with Gasteiger partial charge < -0.3 is 14.4 Å². The lowest BCUT2D eigenvalue weighted by atomic mass is 9.98. The van der Waals surface area contributed by atoms with Crippen LogP contribution in [0.25, 0.3) is 0 Å². The molecule has 1 aromatic heterocycles. The smallest absolute Gasteiger partial charge is 0.272 e. The number of hydrogen-bond acceptors (Lipinski definition) is 4. The molecule has 5 nitrogen and oxygen atoms in total. The number of benzene rings is 1. The van der Waals surface area contributed by atoms with Gasteiger partial charge in [0.2, 0.25) is 0 Å². The Bertz CT molecular complexity index is 840. The highest BCUT2D eigenvalue weighted by molar-refractivity contribution is 5.92. The Morgan fingerprint density at radius 2 is 1.96 bits per heavy atom. The van der Waals surface area contributed by atoms with Gasteiger partial charge in [-0.3, -0.25) is 4.79 Å². The minimum Gasteiger partial charge on any atom is -0.487 e. The fourth-order valence-electron chi connectivity index (χ4n) is 3.40. The largest absolute Gasteiger partial charge is 0.487 e. The number of morpholine rings is 1. The minimum absolute atomic E-state index is 0.00108. The zero-order chi connectivity index (χ0) is 20.5. The highest BCUT2D eigenvalue weighted by Crippen LogP contribution is 2.29. The van der Waals surface area contributed by atoms with Crippen molar-refractivity contribution in [3.63, 3.8) is 0 Å². The van der Waals surface area contributed by atoms with Crippen LogP contribution < -0.4 is 4.74 Å². The maximum Gasteiger partial charge on any atom is 0.272 e. The van der Waals surface area contributed by atoms with Gasteiger partial charge in [-0.25, -0.2) is 4.98 Å². The predicted octanol–water partition coefficient (Wildman–Crippen LogP) is 4.48. The third-order valence-electron chi connectivity index (χ3n) is 4.86. The molecular weight excluding hydrogens is 352 g/mol. The number of rotatable bonds is 3. The van der Waals surface area contributed by atoms with E-state index in [9.17, 15) is 4.79 Å². The molecule has 150 valence electrons. The number of carbonyl (C=O) groups excluding carboxylic acids is 1. The fraction of sp³-hybridized carbons (Fsp3) is 0.478. The minimum atomic E-state index is -0.301. The molecule has 3 rings (SSSR count). The summed E-state index contributed by atoms with van der Waals surface area (Å²) in [5.41, 5.74) is 3.64. The number of pyridine rings is 1. The van der Waals surface area contributed by atoms with Crippen LogP contribution in [0, 0.1) is 13.8 Å². The molecule has 1 aromatic carbocycles. The van der Waals surface area contributed by atoms with E-state index in [0.717, 1.165) is 5.56 Å². The summed E-state index contributed by atoms with van der Waals surface area (Å²) in [5, 5.41) is 0. The number of aryl methyl sites for hydroxylation is 2. The van der Waals surface area contributed by atoms with Crippen LogP contribution >= 0.6 is 0 Å². The van der Waals surface area contributed by atoms with Gasteiger partial charge in [0.15, 0.2) is 0 Å². The SMILES string of the molecule is Cc1ccc(C)c([C@H]2CN(C(=O)c3ccc(OC(C)(C)C)cn3)[C@@H](C)CO2)c1. The Balaban J connectivity index is 1.77. The van der Waals surface area contributed by atoms with Crippen molar-refractivity contribution in [3.8, 4) is 5.75 Å². The van der Waals surface area contributed by atoms with Crippen LogP contribution in [0.15, 0.2) is 36.5 Å². The summed E-state index contributed by atoms with van der Waals surface area (Å²) in [6.07, 6.45) is 1.50. The van der Waals surface area contributed by atoms with Crippen LogP contribution in [-0.2, 0) is 4.74 Å². The Labute approximate surface area is 167 Å². The van der Waals surface area contributed by atoms with Crippen molar-refractivity contribution in [1.29, 1.82) is 0 Å². The molecule has 5 heteroatoms. The molecular formula is C23H30N2O3. The van der Waals surface area contributed by atoms with Gasteiger partial charge in [0, 0.05) is 0 Å². The average molecular weight is 383 g/mol. The molecule has 1 saturated heterocycles. The molecule has 1 amide bonds. The molecule has 28 heavy (non-hydrogen) atoms. The normalized spacial score (nSPS) is 20.1. The zero-order valence-electron chi connectivity index (χ0n) is 17.7. The molecule has 2 atom stereocenters. The summed E-state index contributed by atoms with van der Waals surface area (Å²) in [6, 6.07) is 9.89. The summed E-state index contributed by atoms with van der Waals surface area (Å²) in [5.74, 6) is 0.584. The molecule has 0 radical (unpaired) electrons. The molecule has 0 spiro atoms. The number of carbonyl (C=O) groups is 1. The van der Waals surface area contributed by atoms with Crippen molar-refractivity contribution >= 4 is 5.91 Å². The summed E-state index contributed by atoms with van der Waals surface area (Å²) < 4.78 is 11.9. The standard InChI is InChI=1S/C23H30N2O3/c1-15-7-8-16(2)19(11-15)21-13-25(17(3)14-27-21)22(26)20-10-9-18(12-24-20)28-23(4,5)6/h7-12,17,21H,13-14H2,1-6H3/t17-,21+/m0/s1. The second kappa shape index (κ2) is 7.92. The zero-order valence-corrected chi connectivity index (χ0v) is 17.7. The first-order chi connectivity index (χ1) is 13.1. The van der Waals surface area contributed by atoms with Crippen LogP contribution in [0.1, 0.15) is 61.0 Å². The average Bonchev–Trinajstić information content (AvgIpc) is 2.63. The van der Waals surface area contributed by atoms with Crippen molar-refractivity contribution in [1.82, 2.24) is 9.88 Å². The van der Waals surface area contributed by atoms with Gasteiger partial charge in [0.1, 0.15) is 23.1 Å². The van der Waals surface area contributed by atoms with E-state index in [4.69, 9.17) is 9.47 Å². The Morgan fingerprint density at radius 3 is 2.61 bits per heavy atom.